The summed E-state index contributed by atoms with van der Waals surface area (Å²) in [5.74, 6) is -0.185. The van der Waals surface area contributed by atoms with Crippen LogP contribution in [0.15, 0.2) is 60.8 Å². The van der Waals surface area contributed by atoms with Crippen LogP contribution in [0.25, 0.3) is 0 Å². The summed E-state index contributed by atoms with van der Waals surface area (Å²) >= 11 is 0. The lowest BCUT2D eigenvalue weighted by Crippen LogP contribution is -2.45. The number of aliphatic hydroxyl groups is 1. The van der Waals surface area contributed by atoms with Crippen LogP contribution in [-0.2, 0) is 18.4 Å². The minimum atomic E-state index is -4.36. The Morgan fingerprint density at radius 3 is 1.19 bits per heavy atom. The molecule has 0 spiro atoms. The van der Waals surface area contributed by atoms with Gasteiger partial charge >= 0.3 is 7.82 Å². The van der Waals surface area contributed by atoms with Gasteiger partial charge in [0.05, 0.1) is 39.9 Å². The molecule has 9 heteroatoms. The Morgan fingerprint density at radius 2 is 0.795 bits per heavy atom. The highest BCUT2D eigenvalue weighted by atomic mass is 31.2. The normalized spacial score (nSPS) is 14.2. The molecule has 0 heterocycles. The third kappa shape index (κ3) is 57.7. The fraction of sp³-hybridized carbons (Fsp3) is 0.828. The Kier molecular flexibility index (Phi) is 53.6. The van der Waals surface area contributed by atoms with E-state index in [9.17, 15) is 19.4 Å². The summed E-state index contributed by atoms with van der Waals surface area (Å²) in [5.41, 5.74) is 0. The minimum Gasteiger partial charge on any atom is -0.387 e. The highest BCUT2D eigenvalue weighted by Crippen LogP contribution is 2.43. The van der Waals surface area contributed by atoms with Crippen LogP contribution in [0.1, 0.15) is 290 Å². The van der Waals surface area contributed by atoms with Gasteiger partial charge < -0.3 is 19.8 Å². The largest absolute Gasteiger partial charge is 0.472 e. The van der Waals surface area contributed by atoms with Gasteiger partial charge in [0.2, 0.25) is 5.91 Å². The quantitative estimate of drug-likeness (QED) is 0.0243. The first kappa shape index (κ1) is 71.2. The van der Waals surface area contributed by atoms with Gasteiger partial charge in [0.25, 0.3) is 0 Å². The summed E-state index contributed by atoms with van der Waals surface area (Å²) in [5, 5.41) is 13.9. The zero-order valence-corrected chi connectivity index (χ0v) is 49.8. The Balaban J connectivity index is 4.14. The van der Waals surface area contributed by atoms with E-state index < -0.39 is 20.0 Å². The molecule has 0 aromatic rings. The molecule has 0 aliphatic heterocycles. The minimum absolute atomic E-state index is 0.0556. The maximum absolute atomic E-state index is 13.0. The summed E-state index contributed by atoms with van der Waals surface area (Å²) in [6.07, 6.45) is 74.8. The van der Waals surface area contributed by atoms with Crippen LogP contribution >= 0.6 is 7.82 Å². The number of nitrogens with zero attached hydrogens (tertiary/aromatic N) is 1. The Morgan fingerprint density at radius 1 is 0.466 bits per heavy atom. The molecule has 0 aromatic carbocycles. The molecule has 1 amide bonds. The number of hydrogen-bond donors (Lipinski definition) is 3. The maximum atomic E-state index is 13.0. The molecule has 0 saturated carbocycles. The van der Waals surface area contributed by atoms with Crippen LogP contribution in [0, 0.1) is 0 Å². The summed E-state index contributed by atoms with van der Waals surface area (Å²) in [6, 6.07) is -0.865. The molecule has 73 heavy (non-hydrogen) atoms. The zero-order chi connectivity index (χ0) is 53.5. The van der Waals surface area contributed by atoms with E-state index in [1.807, 2.05) is 27.2 Å². The number of carbonyl (C=O) groups is 1. The van der Waals surface area contributed by atoms with Crippen molar-refractivity contribution in [2.45, 2.75) is 302 Å². The van der Waals surface area contributed by atoms with Gasteiger partial charge in [0.1, 0.15) is 13.2 Å². The number of unbranched alkanes of at least 4 members (excludes halogenated alkanes) is 36. The third-order valence-corrected chi connectivity index (χ3v) is 14.9. The van der Waals surface area contributed by atoms with Gasteiger partial charge in [-0.3, -0.25) is 13.8 Å². The van der Waals surface area contributed by atoms with Crippen molar-refractivity contribution in [1.82, 2.24) is 5.32 Å². The topological polar surface area (TPSA) is 105 Å². The number of hydrogen-bond acceptors (Lipinski definition) is 5. The number of nitrogens with one attached hydrogen (secondary N) is 1. The number of aliphatic hydroxyl groups excluding tert-OH is 1. The van der Waals surface area contributed by atoms with E-state index in [0.29, 0.717) is 17.4 Å². The van der Waals surface area contributed by atoms with E-state index in [1.165, 1.54) is 218 Å². The van der Waals surface area contributed by atoms with Crippen molar-refractivity contribution < 1.29 is 32.9 Å². The van der Waals surface area contributed by atoms with Gasteiger partial charge in [0, 0.05) is 6.42 Å². The van der Waals surface area contributed by atoms with Crippen LogP contribution in [0.5, 0.6) is 0 Å². The molecule has 8 nitrogen and oxygen atoms in total. The van der Waals surface area contributed by atoms with Gasteiger partial charge in [-0.2, -0.15) is 0 Å². The van der Waals surface area contributed by atoms with E-state index >= 15 is 0 Å². The van der Waals surface area contributed by atoms with E-state index in [4.69, 9.17) is 9.05 Å². The third-order valence-electron chi connectivity index (χ3n) is 14.0. The van der Waals surface area contributed by atoms with Crippen molar-refractivity contribution in [3.8, 4) is 0 Å². The summed E-state index contributed by atoms with van der Waals surface area (Å²) in [6.45, 7) is 4.81. The number of likely N-dealkylation sites (N-methyl/N-ethyl adjacent to an activating group) is 1. The summed E-state index contributed by atoms with van der Waals surface area (Å²) in [4.78, 5) is 23.3. The number of phosphoric acid groups is 1. The average molecular weight is 1050 g/mol. The Labute approximate surface area is 453 Å². The first-order valence-electron chi connectivity index (χ1n) is 31.2. The molecule has 0 aliphatic rings. The van der Waals surface area contributed by atoms with E-state index in [2.05, 4.69) is 67.8 Å². The molecule has 0 radical (unpaired) electrons. The maximum Gasteiger partial charge on any atom is 0.472 e. The Bertz CT molecular complexity index is 1370. The van der Waals surface area contributed by atoms with Crippen molar-refractivity contribution in [2.75, 3.05) is 40.9 Å². The molecule has 3 N–H and O–H groups in total. The SMILES string of the molecule is CCCCCCC/C=C\C/C=C\C/C=C\CCCCCCCCCCCCCCCCCCC(=O)NC(COP(=O)(O)OCC[N+](C)(C)C)C(O)/C=C/CC/C=C/CCCCCCCCCCCCCCCC. The van der Waals surface area contributed by atoms with Crippen molar-refractivity contribution in [3.63, 3.8) is 0 Å². The molecular formula is C64H122N2O6P+. The smallest absolute Gasteiger partial charge is 0.387 e. The molecule has 0 aromatic heterocycles. The van der Waals surface area contributed by atoms with E-state index in [-0.39, 0.29) is 19.1 Å². The van der Waals surface area contributed by atoms with Gasteiger partial charge in [-0.05, 0) is 70.6 Å². The van der Waals surface area contributed by atoms with Crippen molar-refractivity contribution in [2.24, 2.45) is 0 Å². The second-order valence-electron chi connectivity index (χ2n) is 22.4. The number of amides is 1. The van der Waals surface area contributed by atoms with Crippen LogP contribution in [0.4, 0.5) is 0 Å². The standard InChI is InChI=1S/C64H121N2O6P/c1-6-8-10-12-14-16-18-20-22-24-26-28-29-30-31-32-33-34-35-36-37-38-40-42-44-46-48-50-52-54-56-58-64(68)65-62(61-72-73(69,70)71-60-59-66(3,4)5)63(67)57-55-53-51-49-47-45-43-41-39-27-25-23-21-19-17-15-13-11-9-7-2/h18,20,24,26,29-30,47,49,55,57,62-63,67H,6-17,19,21-23,25,27-28,31-46,48,50-54,56,58-61H2,1-5H3,(H-,65,68,69,70)/p+1/b20-18-,26-24-,30-29-,49-47+,57-55+. The monoisotopic (exact) mass is 1050 g/mol. The molecule has 3 unspecified atom stereocenters. The Hall–Kier alpha value is -1.80. The van der Waals surface area contributed by atoms with Crippen LogP contribution < -0.4 is 5.32 Å². The second-order valence-corrected chi connectivity index (χ2v) is 23.9. The molecule has 0 saturated heterocycles. The van der Waals surface area contributed by atoms with Crippen LogP contribution in [0.3, 0.4) is 0 Å². The predicted octanol–water partition coefficient (Wildman–Crippen LogP) is 19.3. The molecule has 0 fully saturated rings. The van der Waals surface area contributed by atoms with Gasteiger partial charge in [0.15, 0.2) is 0 Å². The van der Waals surface area contributed by atoms with Crippen molar-refractivity contribution in [3.05, 3.63) is 60.8 Å². The average Bonchev–Trinajstić information content (AvgIpc) is 3.35. The molecule has 0 aliphatic carbocycles. The van der Waals surface area contributed by atoms with Gasteiger partial charge in [-0.15, -0.1) is 0 Å². The zero-order valence-electron chi connectivity index (χ0n) is 48.9. The van der Waals surface area contributed by atoms with Crippen LogP contribution in [-0.4, -0.2) is 73.4 Å². The van der Waals surface area contributed by atoms with Gasteiger partial charge in [-0.1, -0.05) is 274 Å². The van der Waals surface area contributed by atoms with E-state index in [0.717, 1.165) is 51.4 Å². The van der Waals surface area contributed by atoms with Crippen LogP contribution in [0.2, 0.25) is 0 Å². The second kappa shape index (κ2) is 55.0. The molecule has 0 rings (SSSR count). The van der Waals surface area contributed by atoms with Crippen molar-refractivity contribution in [1.29, 1.82) is 0 Å². The predicted molar refractivity (Wildman–Crippen MR) is 318 cm³/mol. The highest BCUT2D eigenvalue weighted by Gasteiger charge is 2.27. The number of quaternary nitrogens is 1. The fourth-order valence-corrected chi connectivity index (χ4v) is 9.80. The lowest BCUT2D eigenvalue weighted by Gasteiger charge is -2.25. The number of allylic oxidation sites excluding steroid dienone is 9. The lowest BCUT2D eigenvalue weighted by molar-refractivity contribution is -0.870. The van der Waals surface area contributed by atoms with Gasteiger partial charge in [-0.25, -0.2) is 4.57 Å². The first-order valence-corrected chi connectivity index (χ1v) is 32.7. The number of carbonyl (C=O) groups excluding carboxylic acids is 1. The lowest BCUT2D eigenvalue weighted by atomic mass is 10.0. The summed E-state index contributed by atoms with van der Waals surface area (Å²) in [7, 11) is 1.56. The molecular weight excluding hydrogens is 924 g/mol. The number of phosphoric ester groups is 1. The first-order chi connectivity index (χ1) is 35.5. The van der Waals surface area contributed by atoms with Crippen molar-refractivity contribution >= 4 is 13.7 Å². The highest BCUT2D eigenvalue weighted by molar-refractivity contribution is 7.47. The molecule has 3 atom stereocenters. The summed E-state index contributed by atoms with van der Waals surface area (Å²) < 4.78 is 23.7. The molecule has 428 valence electrons. The fourth-order valence-electron chi connectivity index (χ4n) is 9.07. The number of rotatable bonds is 57. The van der Waals surface area contributed by atoms with E-state index in [1.54, 1.807) is 6.08 Å². The molecule has 0 bridgehead atoms.